The van der Waals surface area contributed by atoms with E-state index in [9.17, 15) is 14.0 Å². The summed E-state index contributed by atoms with van der Waals surface area (Å²) in [6.45, 7) is 0. The predicted molar refractivity (Wildman–Crippen MR) is 88.6 cm³/mol. The van der Waals surface area contributed by atoms with Crippen LogP contribution in [0, 0.1) is 5.82 Å². The maximum Gasteiger partial charge on any atom is 0.272 e. The Kier molecular flexibility index (Phi) is 5.75. The average molecular weight is 397 g/mol. The van der Waals surface area contributed by atoms with Gasteiger partial charge in [0.2, 0.25) is 0 Å². The summed E-state index contributed by atoms with van der Waals surface area (Å²) in [6, 6.07) is 8.38. The van der Waals surface area contributed by atoms with E-state index in [4.69, 9.17) is 9.47 Å². The minimum atomic E-state index is -0.766. The highest BCUT2D eigenvalue weighted by molar-refractivity contribution is 9.10. The Balaban J connectivity index is 2.13. The molecule has 6 nitrogen and oxygen atoms in total. The van der Waals surface area contributed by atoms with Crippen LogP contribution in [0.2, 0.25) is 0 Å². The van der Waals surface area contributed by atoms with Gasteiger partial charge >= 0.3 is 0 Å². The van der Waals surface area contributed by atoms with Crippen LogP contribution in [0.3, 0.4) is 0 Å². The van der Waals surface area contributed by atoms with Crippen molar-refractivity contribution in [2.75, 3.05) is 14.2 Å². The molecule has 0 aliphatic heterocycles. The van der Waals surface area contributed by atoms with Gasteiger partial charge in [-0.1, -0.05) is 12.1 Å². The second-order valence-corrected chi connectivity index (χ2v) is 5.38. The second-order valence-electron chi connectivity index (χ2n) is 4.58. The smallest absolute Gasteiger partial charge is 0.272 e. The average Bonchev–Trinajstić information content (AvgIpc) is 2.59. The normalized spacial score (nSPS) is 10.0. The van der Waals surface area contributed by atoms with Crippen LogP contribution in [0.1, 0.15) is 20.7 Å². The number of hydrazine groups is 1. The molecule has 2 rings (SSSR count). The van der Waals surface area contributed by atoms with Crippen LogP contribution in [0.25, 0.3) is 0 Å². The lowest BCUT2D eigenvalue weighted by molar-refractivity contribution is 0.0844. The summed E-state index contributed by atoms with van der Waals surface area (Å²) < 4.78 is 24.4. The number of methoxy groups -OCH3 is 2. The van der Waals surface area contributed by atoms with Crippen LogP contribution in [0.15, 0.2) is 40.9 Å². The molecule has 126 valence electrons. The number of hydrogen-bond donors (Lipinski definition) is 2. The molecule has 0 aromatic heterocycles. The highest BCUT2D eigenvalue weighted by Gasteiger charge is 2.16. The summed E-state index contributed by atoms with van der Waals surface area (Å²) in [6.07, 6.45) is 0. The van der Waals surface area contributed by atoms with E-state index in [0.717, 1.165) is 6.07 Å². The van der Waals surface area contributed by atoms with Crippen molar-refractivity contribution in [3.8, 4) is 11.5 Å². The largest absolute Gasteiger partial charge is 0.495 e. The number of benzene rings is 2. The van der Waals surface area contributed by atoms with Crippen molar-refractivity contribution in [1.29, 1.82) is 0 Å². The van der Waals surface area contributed by atoms with Crippen LogP contribution in [0.4, 0.5) is 4.39 Å². The number of hydrogen-bond acceptors (Lipinski definition) is 4. The fourth-order valence-corrected chi connectivity index (χ4v) is 2.45. The van der Waals surface area contributed by atoms with Gasteiger partial charge in [-0.2, -0.15) is 0 Å². The molecule has 0 atom stereocenters. The minimum absolute atomic E-state index is 0.177. The first-order chi connectivity index (χ1) is 11.5. The molecule has 24 heavy (non-hydrogen) atoms. The highest BCUT2D eigenvalue weighted by atomic mass is 79.9. The zero-order valence-electron chi connectivity index (χ0n) is 12.9. The van der Waals surface area contributed by atoms with Crippen LogP contribution < -0.4 is 20.3 Å². The number of rotatable bonds is 4. The number of halogens is 2. The van der Waals surface area contributed by atoms with E-state index in [-0.39, 0.29) is 11.1 Å². The Morgan fingerprint density at radius 1 is 1.00 bits per heavy atom. The molecule has 2 N–H and O–H groups in total. The Bertz CT molecular complexity index is 757. The van der Waals surface area contributed by atoms with Crippen LogP contribution in [-0.4, -0.2) is 26.0 Å². The zero-order chi connectivity index (χ0) is 17.7. The van der Waals surface area contributed by atoms with Gasteiger partial charge in [-0.15, -0.1) is 0 Å². The monoisotopic (exact) mass is 396 g/mol. The first-order valence-electron chi connectivity index (χ1n) is 6.74. The zero-order valence-corrected chi connectivity index (χ0v) is 14.4. The molecule has 0 fully saturated rings. The van der Waals surface area contributed by atoms with Crippen molar-refractivity contribution >= 4 is 27.7 Å². The fraction of sp³-hybridized carbons (Fsp3) is 0.125. The lowest BCUT2D eigenvalue weighted by Crippen LogP contribution is -2.41. The number of ether oxygens (including phenoxy) is 2. The number of carbonyl (C=O) groups excluding carboxylic acids is 2. The second kappa shape index (κ2) is 7.78. The van der Waals surface area contributed by atoms with E-state index in [2.05, 4.69) is 26.8 Å². The summed E-state index contributed by atoms with van der Waals surface area (Å²) in [5.74, 6) is -1.28. The quantitative estimate of drug-likeness (QED) is 0.778. The molecule has 2 aromatic rings. The Labute approximate surface area is 146 Å². The molecule has 2 aromatic carbocycles. The van der Waals surface area contributed by atoms with Crippen molar-refractivity contribution in [3.63, 3.8) is 0 Å². The summed E-state index contributed by atoms with van der Waals surface area (Å²) >= 11 is 3.29. The van der Waals surface area contributed by atoms with Gasteiger partial charge in [-0.3, -0.25) is 20.4 Å². The molecule has 0 aliphatic carbocycles. The minimum Gasteiger partial charge on any atom is -0.495 e. The van der Waals surface area contributed by atoms with Crippen LogP contribution >= 0.6 is 15.9 Å². The Hall–Kier alpha value is -2.61. The summed E-state index contributed by atoms with van der Waals surface area (Å²) in [5.41, 5.74) is 4.39. The molecule has 0 unspecified atom stereocenters. The van der Waals surface area contributed by atoms with E-state index in [0.29, 0.717) is 16.0 Å². The van der Waals surface area contributed by atoms with Crippen molar-refractivity contribution in [2.45, 2.75) is 0 Å². The predicted octanol–water partition coefficient (Wildman–Crippen LogP) is 2.68. The van der Waals surface area contributed by atoms with Crippen molar-refractivity contribution in [3.05, 3.63) is 57.8 Å². The topological polar surface area (TPSA) is 76.7 Å². The first kappa shape index (κ1) is 17.7. The third-order valence-corrected chi connectivity index (χ3v) is 3.90. The first-order valence-corrected chi connectivity index (χ1v) is 7.54. The molecule has 0 spiro atoms. The third kappa shape index (κ3) is 3.83. The SMILES string of the molecule is COc1cc(C(=O)NNC(=O)c2ccccc2F)cc(OC)c1Br. The van der Waals surface area contributed by atoms with Gasteiger partial charge < -0.3 is 9.47 Å². The van der Waals surface area contributed by atoms with Gasteiger partial charge in [0.1, 0.15) is 21.8 Å². The van der Waals surface area contributed by atoms with Crippen molar-refractivity contribution < 1.29 is 23.5 Å². The Morgan fingerprint density at radius 3 is 2.08 bits per heavy atom. The highest BCUT2D eigenvalue weighted by Crippen LogP contribution is 2.35. The summed E-state index contributed by atoms with van der Waals surface area (Å²) in [7, 11) is 2.89. The standard InChI is InChI=1S/C16H14BrFN2O4/c1-23-12-7-9(8-13(24-2)14(12)17)15(21)19-20-16(22)10-5-3-4-6-11(10)18/h3-8H,1-2H3,(H,19,21)(H,20,22). The lowest BCUT2D eigenvalue weighted by Gasteiger charge is -2.12. The maximum atomic E-state index is 13.5. The lowest BCUT2D eigenvalue weighted by atomic mass is 10.2. The van der Waals surface area contributed by atoms with E-state index >= 15 is 0 Å². The Morgan fingerprint density at radius 2 is 1.54 bits per heavy atom. The maximum absolute atomic E-state index is 13.5. The number of amides is 2. The molecule has 0 bridgehead atoms. The van der Waals surface area contributed by atoms with E-state index in [1.807, 2.05) is 0 Å². The number of carbonyl (C=O) groups is 2. The molecule has 2 amide bonds. The van der Waals surface area contributed by atoms with Gasteiger partial charge in [-0.05, 0) is 40.2 Å². The molecule has 0 saturated heterocycles. The fourth-order valence-electron chi connectivity index (χ4n) is 1.90. The van der Waals surface area contributed by atoms with Crippen molar-refractivity contribution in [1.82, 2.24) is 10.9 Å². The van der Waals surface area contributed by atoms with Crippen molar-refractivity contribution in [2.24, 2.45) is 0 Å². The molecule has 0 saturated carbocycles. The molecule has 0 aliphatic rings. The van der Waals surface area contributed by atoms with Crippen LogP contribution in [-0.2, 0) is 0 Å². The van der Waals surface area contributed by atoms with Gasteiger partial charge in [0.15, 0.2) is 0 Å². The van der Waals surface area contributed by atoms with E-state index < -0.39 is 17.6 Å². The molecular weight excluding hydrogens is 383 g/mol. The van der Waals surface area contributed by atoms with Gasteiger partial charge in [0.05, 0.1) is 19.8 Å². The van der Waals surface area contributed by atoms with Gasteiger partial charge in [0.25, 0.3) is 11.8 Å². The summed E-state index contributed by atoms with van der Waals surface area (Å²) in [4.78, 5) is 24.0. The molecular formula is C16H14BrFN2O4. The van der Waals surface area contributed by atoms with Gasteiger partial charge in [-0.25, -0.2) is 4.39 Å². The van der Waals surface area contributed by atoms with Crippen LogP contribution in [0.5, 0.6) is 11.5 Å². The summed E-state index contributed by atoms with van der Waals surface area (Å²) in [5, 5.41) is 0. The van der Waals surface area contributed by atoms with Gasteiger partial charge in [0, 0.05) is 5.56 Å². The molecule has 8 heteroatoms. The molecule has 0 heterocycles. The third-order valence-electron chi connectivity index (χ3n) is 3.12. The van der Waals surface area contributed by atoms with E-state index in [1.54, 1.807) is 0 Å². The van der Waals surface area contributed by atoms with E-state index in [1.165, 1.54) is 44.6 Å². The molecule has 0 radical (unpaired) electrons. The number of nitrogens with one attached hydrogen (secondary N) is 2.